The predicted octanol–water partition coefficient (Wildman–Crippen LogP) is 1.45. The quantitative estimate of drug-likeness (QED) is 0.673. The van der Waals surface area contributed by atoms with Gasteiger partial charge in [0.05, 0.1) is 35.4 Å². The van der Waals surface area contributed by atoms with Gasteiger partial charge in [-0.05, 0) is 6.07 Å². The van der Waals surface area contributed by atoms with E-state index in [0.717, 1.165) is 6.29 Å². The number of carbonyl (C=O) groups is 1. The molecule has 0 atom stereocenters. The van der Waals surface area contributed by atoms with E-state index in [1.807, 2.05) is 15.9 Å². The number of hydrogen-bond donors (Lipinski definition) is 1. The predicted molar refractivity (Wildman–Crippen MR) is 79.9 cm³/mol. The van der Waals surface area contributed by atoms with Crippen LogP contribution in [-0.4, -0.2) is 43.9 Å². The first-order valence-electron chi connectivity index (χ1n) is 6.62. The van der Waals surface area contributed by atoms with Crippen LogP contribution in [0.25, 0.3) is 0 Å². The number of benzene rings is 1. The van der Waals surface area contributed by atoms with E-state index in [9.17, 15) is 9.18 Å². The minimum atomic E-state index is -0.585. The minimum absolute atomic E-state index is 0.0684. The second kappa shape index (κ2) is 6.74. The molecule has 1 aromatic carbocycles. The summed E-state index contributed by atoms with van der Waals surface area (Å²) in [5.41, 5.74) is 7.13. The van der Waals surface area contributed by atoms with Gasteiger partial charge >= 0.3 is 0 Å². The Morgan fingerprint density at radius 2 is 2.10 bits per heavy atom. The Morgan fingerprint density at radius 1 is 1.43 bits per heavy atom. The monoisotopic (exact) mass is 310 g/mol. The maximum absolute atomic E-state index is 14.2. The summed E-state index contributed by atoms with van der Waals surface area (Å²) in [5.74, 6) is -0.585. The van der Waals surface area contributed by atoms with Crippen LogP contribution < -0.4 is 10.6 Å². The highest BCUT2D eigenvalue weighted by molar-refractivity contribution is 6.31. The number of nitriles is 1. The molecule has 0 aliphatic carbocycles. The molecular weight excluding hydrogens is 295 g/mol. The van der Waals surface area contributed by atoms with Gasteiger partial charge in [-0.1, -0.05) is 11.6 Å². The average molecular weight is 311 g/mol. The lowest BCUT2D eigenvalue weighted by Gasteiger charge is -2.36. The molecule has 7 heteroatoms. The molecule has 1 saturated heterocycles. The number of carbonyl (C=O) groups excluding carboxylic acids is 1. The molecule has 0 radical (unpaired) electrons. The molecule has 1 aromatic rings. The van der Waals surface area contributed by atoms with E-state index in [0.29, 0.717) is 44.1 Å². The second-order valence-corrected chi connectivity index (χ2v) is 5.29. The Kier molecular flexibility index (Phi) is 4.99. The first kappa shape index (κ1) is 15.5. The average Bonchev–Trinajstić information content (AvgIpc) is 2.46. The van der Waals surface area contributed by atoms with Gasteiger partial charge in [0.15, 0.2) is 0 Å². The molecule has 1 heterocycles. The van der Waals surface area contributed by atoms with Crippen LogP contribution in [0.15, 0.2) is 6.07 Å². The lowest BCUT2D eigenvalue weighted by Crippen LogP contribution is -2.47. The van der Waals surface area contributed by atoms with Gasteiger partial charge in [0.1, 0.15) is 12.1 Å². The highest BCUT2D eigenvalue weighted by atomic mass is 35.5. The third-order valence-electron chi connectivity index (χ3n) is 3.59. The maximum Gasteiger partial charge on any atom is 0.148 e. The van der Waals surface area contributed by atoms with Crippen LogP contribution in [0.1, 0.15) is 5.56 Å². The Balaban J connectivity index is 2.30. The van der Waals surface area contributed by atoms with Crippen LogP contribution in [-0.2, 0) is 11.2 Å². The summed E-state index contributed by atoms with van der Waals surface area (Å²) in [6.45, 7) is 3.02. The Bertz CT molecular complexity index is 579. The normalized spacial score (nSPS) is 15.8. The smallest absolute Gasteiger partial charge is 0.148 e. The van der Waals surface area contributed by atoms with Gasteiger partial charge in [-0.15, -0.1) is 0 Å². The summed E-state index contributed by atoms with van der Waals surface area (Å²) in [4.78, 5) is 14.5. The standard InChI is InChI=1S/C14H16ClFN4O/c15-11-9-12(18)14(10(1-2-17)13(11)16)20-5-3-19(4-6-20)7-8-21/h8-9H,1,3-7,18H2. The fourth-order valence-electron chi connectivity index (χ4n) is 2.56. The van der Waals surface area contributed by atoms with Crippen LogP contribution >= 0.6 is 11.6 Å². The van der Waals surface area contributed by atoms with Crippen molar-refractivity contribution in [3.05, 3.63) is 22.5 Å². The number of nitrogens with zero attached hydrogens (tertiary/aromatic N) is 3. The number of anilines is 2. The van der Waals surface area contributed by atoms with E-state index in [2.05, 4.69) is 0 Å². The second-order valence-electron chi connectivity index (χ2n) is 4.88. The zero-order valence-corrected chi connectivity index (χ0v) is 12.2. The van der Waals surface area contributed by atoms with Gasteiger partial charge in [-0.25, -0.2) is 4.39 Å². The third-order valence-corrected chi connectivity index (χ3v) is 3.87. The molecule has 1 fully saturated rings. The lowest BCUT2D eigenvalue weighted by atomic mass is 10.1. The third kappa shape index (κ3) is 3.26. The minimum Gasteiger partial charge on any atom is -0.397 e. The lowest BCUT2D eigenvalue weighted by molar-refractivity contribution is -0.108. The summed E-state index contributed by atoms with van der Waals surface area (Å²) in [6, 6.07) is 3.33. The maximum atomic E-state index is 14.2. The number of rotatable bonds is 4. The van der Waals surface area contributed by atoms with E-state index in [1.165, 1.54) is 6.07 Å². The van der Waals surface area contributed by atoms with E-state index < -0.39 is 5.82 Å². The molecule has 112 valence electrons. The number of aldehydes is 1. The number of halogens is 2. The number of hydrogen-bond acceptors (Lipinski definition) is 5. The zero-order valence-electron chi connectivity index (χ0n) is 11.5. The summed E-state index contributed by atoms with van der Waals surface area (Å²) < 4.78 is 14.2. The largest absolute Gasteiger partial charge is 0.397 e. The molecule has 2 N–H and O–H groups in total. The van der Waals surface area contributed by atoms with Crippen molar-refractivity contribution in [2.75, 3.05) is 43.4 Å². The molecule has 0 aromatic heterocycles. The van der Waals surface area contributed by atoms with E-state index in [4.69, 9.17) is 22.6 Å². The van der Waals surface area contributed by atoms with Gasteiger partial charge in [-0.3, -0.25) is 4.90 Å². The molecule has 21 heavy (non-hydrogen) atoms. The highest BCUT2D eigenvalue weighted by Crippen LogP contribution is 2.35. The Labute approximate surface area is 127 Å². The topological polar surface area (TPSA) is 73.4 Å². The summed E-state index contributed by atoms with van der Waals surface area (Å²) in [7, 11) is 0. The van der Waals surface area contributed by atoms with Crippen molar-refractivity contribution < 1.29 is 9.18 Å². The molecular formula is C14H16ClFN4O. The van der Waals surface area contributed by atoms with Crippen molar-refractivity contribution >= 4 is 29.3 Å². The number of piperazine rings is 1. The Hall–Kier alpha value is -1.84. The van der Waals surface area contributed by atoms with Gasteiger partial charge in [0.2, 0.25) is 0 Å². The summed E-state index contributed by atoms with van der Waals surface area (Å²) in [5, 5.41) is 8.83. The van der Waals surface area contributed by atoms with E-state index >= 15 is 0 Å². The molecule has 0 saturated carbocycles. The number of nitrogens with two attached hydrogens (primary N) is 1. The molecule has 0 amide bonds. The van der Waals surface area contributed by atoms with E-state index in [1.54, 1.807) is 0 Å². The molecule has 1 aliphatic rings. The SMILES string of the molecule is N#CCc1c(F)c(Cl)cc(N)c1N1CCN(CC=O)CC1. The first-order valence-corrected chi connectivity index (χ1v) is 7.00. The van der Waals surface area contributed by atoms with Crippen LogP contribution in [0.3, 0.4) is 0 Å². The number of nitrogen functional groups attached to an aromatic ring is 1. The fourth-order valence-corrected chi connectivity index (χ4v) is 2.80. The highest BCUT2D eigenvalue weighted by Gasteiger charge is 2.24. The van der Waals surface area contributed by atoms with Crippen molar-refractivity contribution in [2.45, 2.75) is 6.42 Å². The molecule has 5 nitrogen and oxygen atoms in total. The van der Waals surface area contributed by atoms with Crippen molar-refractivity contribution in [3.63, 3.8) is 0 Å². The molecule has 0 unspecified atom stereocenters. The molecule has 2 rings (SSSR count). The van der Waals surface area contributed by atoms with Gasteiger partial charge in [-0.2, -0.15) is 5.26 Å². The molecule has 0 bridgehead atoms. The van der Waals surface area contributed by atoms with Gasteiger partial charge in [0, 0.05) is 31.7 Å². The fraction of sp³-hybridized carbons (Fsp3) is 0.429. The molecule has 1 aliphatic heterocycles. The summed E-state index contributed by atoms with van der Waals surface area (Å²) in [6.07, 6.45) is 0.785. The first-order chi connectivity index (χ1) is 10.1. The van der Waals surface area contributed by atoms with E-state index in [-0.39, 0.29) is 17.0 Å². The van der Waals surface area contributed by atoms with Crippen molar-refractivity contribution in [3.8, 4) is 6.07 Å². The van der Waals surface area contributed by atoms with Gasteiger partial charge in [0.25, 0.3) is 0 Å². The van der Waals surface area contributed by atoms with Crippen molar-refractivity contribution in [1.82, 2.24) is 4.90 Å². The van der Waals surface area contributed by atoms with Crippen LogP contribution in [0.5, 0.6) is 0 Å². The van der Waals surface area contributed by atoms with Crippen molar-refractivity contribution in [1.29, 1.82) is 5.26 Å². The van der Waals surface area contributed by atoms with Crippen LogP contribution in [0.2, 0.25) is 5.02 Å². The summed E-state index contributed by atoms with van der Waals surface area (Å²) >= 11 is 5.80. The van der Waals surface area contributed by atoms with Gasteiger partial charge < -0.3 is 15.4 Å². The zero-order chi connectivity index (χ0) is 15.4. The van der Waals surface area contributed by atoms with Crippen LogP contribution in [0, 0.1) is 17.1 Å². The van der Waals surface area contributed by atoms with Crippen LogP contribution in [0.4, 0.5) is 15.8 Å². The Morgan fingerprint density at radius 3 is 2.67 bits per heavy atom. The molecule has 0 spiro atoms. The van der Waals surface area contributed by atoms with Crippen molar-refractivity contribution in [2.24, 2.45) is 0 Å².